The Hall–Kier alpha value is -3.85. The highest BCUT2D eigenvalue weighted by molar-refractivity contribution is 5.86. The number of nitrogens with zero attached hydrogens (tertiary/aromatic N) is 3. The first-order chi connectivity index (χ1) is 16.4. The van der Waals surface area contributed by atoms with Gasteiger partial charge in [-0.25, -0.2) is 4.98 Å². The van der Waals surface area contributed by atoms with E-state index in [1.54, 1.807) is 11.1 Å². The molecule has 2 N–H and O–H groups in total. The number of nitrogens with one attached hydrogen (secondary N) is 2. The number of likely N-dealkylation sites (tertiary alicyclic amines) is 1. The van der Waals surface area contributed by atoms with E-state index in [1.807, 2.05) is 19.1 Å². The number of aryl methyl sites for hydroxylation is 2. The van der Waals surface area contributed by atoms with E-state index in [0.717, 1.165) is 11.3 Å². The molecule has 0 radical (unpaired) electrons. The van der Waals surface area contributed by atoms with Crippen LogP contribution in [0.2, 0.25) is 0 Å². The largest absolute Gasteiger partial charge is 0.376 e. The lowest BCUT2D eigenvalue weighted by Crippen LogP contribution is -2.55. The van der Waals surface area contributed by atoms with Gasteiger partial charge in [-0.1, -0.05) is 59.7 Å². The fraction of sp³-hybridized carbons (Fsp3) is 0.321. The molecule has 6 nitrogen and oxygen atoms in total. The summed E-state index contributed by atoms with van der Waals surface area (Å²) in [5.74, 6) is 0.561. The van der Waals surface area contributed by atoms with Crippen molar-refractivity contribution in [1.29, 1.82) is 5.26 Å². The number of pyridine rings is 1. The first-order valence-electron chi connectivity index (χ1n) is 11.7. The zero-order valence-corrected chi connectivity index (χ0v) is 20.0. The van der Waals surface area contributed by atoms with Crippen LogP contribution >= 0.6 is 0 Å². The summed E-state index contributed by atoms with van der Waals surface area (Å²) < 4.78 is 0. The lowest BCUT2D eigenvalue weighted by molar-refractivity contribution is -0.137. The van der Waals surface area contributed by atoms with E-state index in [1.165, 1.54) is 16.7 Å². The second-order valence-corrected chi connectivity index (χ2v) is 9.13. The van der Waals surface area contributed by atoms with E-state index in [2.05, 4.69) is 84.1 Å². The van der Waals surface area contributed by atoms with Crippen LogP contribution < -0.4 is 10.6 Å². The van der Waals surface area contributed by atoms with Crippen LogP contribution in [0.1, 0.15) is 35.2 Å². The maximum absolute atomic E-state index is 13.4. The third-order valence-corrected chi connectivity index (χ3v) is 6.30. The van der Waals surface area contributed by atoms with Crippen molar-refractivity contribution in [3.05, 3.63) is 89.1 Å². The van der Waals surface area contributed by atoms with Crippen LogP contribution in [0.5, 0.6) is 0 Å². The van der Waals surface area contributed by atoms with Crippen LogP contribution in [0.15, 0.2) is 66.9 Å². The summed E-state index contributed by atoms with van der Waals surface area (Å²) in [5, 5.41) is 16.1. The Bertz CT molecular complexity index is 1160. The standard InChI is InChI=1S/C28H31N5O/c1-19-6-10-22(11-7-19)15-26(28(34)33-17-23(16-29)18-33)32-27-25(5-4-14-30-27)31-21(3)24-12-8-20(2)9-13-24/h4-14,21,23,26,31H,15,17-18H2,1-3H3,(H,30,32)/t21?,26-/m0/s1. The Kier molecular flexibility index (Phi) is 7.12. The maximum Gasteiger partial charge on any atom is 0.245 e. The second kappa shape index (κ2) is 10.4. The summed E-state index contributed by atoms with van der Waals surface area (Å²) in [5.41, 5.74) is 5.50. The Balaban J connectivity index is 1.54. The number of carbonyl (C=O) groups excluding carboxylic acids is 1. The number of hydrogen-bond donors (Lipinski definition) is 2. The van der Waals surface area contributed by atoms with Gasteiger partial charge in [0.05, 0.1) is 17.7 Å². The summed E-state index contributed by atoms with van der Waals surface area (Å²) in [6, 6.07) is 22.4. The van der Waals surface area contributed by atoms with E-state index < -0.39 is 6.04 Å². The van der Waals surface area contributed by atoms with Crippen LogP contribution in [0.25, 0.3) is 0 Å². The highest BCUT2D eigenvalue weighted by Gasteiger charge is 2.35. The summed E-state index contributed by atoms with van der Waals surface area (Å²) in [7, 11) is 0. The Morgan fingerprint density at radius 3 is 2.35 bits per heavy atom. The van der Waals surface area contributed by atoms with Crippen LogP contribution in [0, 0.1) is 31.1 Å². The highest BCUT2D eigenvalue weighted by atomic mass is 16.2. The Labute approximate surface area is 201 Å². The molecule has 34 heavy (non-hydrogen) atoms. The van der Waals surface area contributed by atoms with Gasteiger partial charge in [-0.15, -0.1) is 0 Å². The van der Waals surface area contributed by atoms with Gasteiger partial charge in [-0.05, 0) is 44.0 Å². The average molecular weight is 454 g/mol. The number of anilines is 2. The van der Waals surface area contributed by atoms with E-state index in [-0.39, 0.29) is 17.9 Å². The second-order valence-electron chi connectivity index (χ2n) is 9.13. The predicted octanol–water partition coefficient (Wildman–Crippen LogP) is 4.88. The van der Waals surface area contributed by atoms with Crippen molar-refractivity contribution in [3.63, 3.8) is 0 Å². The molecule has 1 aliphatic rings. The zero-order valence-electron chi connectivity index (χ0n) is 20.0. The number of nitriles is 1. The molecule has 1 aromatic heterocycles. The summed E-state index contributed by atoms with van der Waals surface area (Å²) in [4.78, 5) is 19.7. The molecule has 3 aromatic rings. The molecule has 6 heteroatoms. The van der Waals surface area contributed by atoms with Crippen LogP contribution in [-0.4, -0.2) is 34.9 Å². The summed E-state index contributed by atoms with van der Waals surface area (Å²) >= 11 is 0. The van der Waals surface area contributed by atoms with Crippen molar-refractivity contribution in [2.45, 2.75) is 39.3 Å². The zero-order chi connectivity index (χ0) is 24.1. The van der Waals surface area contributed by atoms with E-state index in [4.69, 9.17) is 5.26 Å². The lowest BCUT2D eigenvalue weighted by atomic mass is 9.98. The first-order valence-corrected chi connectivity index (χ1v) is 11.7. The van der Waals surface area contributed by atoms with Gasteiger partial charge in [0, 0.05) is 31.7 Å². The molecule has 0 bridgehead atoms. The van der Waals surface area contributed by atoms with Gasteiger partial charge in [0.15, 0.2) is 0 Å². The molecule has 1 amide bonds. The van der Waals surface area contributed by atoms with Crippen LogP contribution in [-0.2, 0) is 11.2 Å². The predicted molar refractivity (Wildman–Crippen MR) is 135 cm³/mol. The maximum atomic E-state index is 13.4. The number of hydrogen-bond acceptors (Lipinski definition) is 5. The molecule has 1 aliphatic heterocycles. The fourth-order valence-corrected chi connectivity index (χ4v) is 4.09. The van der Waals surface area contributed by atoms with Gasteiger partial charge in [-0.3, -0.25) is 4.79 Å². The highest BCUT2D eigenvalue weighted by Crippen LogP contribution is 2.27. The third kappa shape index (κ3) is 5.55. The first kappa shape index (κ1) is 23.3. The number of rotatable bonds is 8. The lowest BCUT2D eigenvalue weighted by Gasteiger charge is -2.38. The molecule has 1 fully saturated rings. The molecule has 2 atom stereocenters. The van der Waals surface area contributed by atoms with Crippen molar-refractivity contribution in [2.75, 3.05) is 23.7 Å². The minimum absolute atomic E-state index is 0.00439. The number of benzene rings is 2. The Morgan fingerprint density at radius 1 is 1.06 bits per heavy atom. The molecule has 1 unspecified atom stereocenters. The van der Waals surface area contributed by atoms with Gasteiger partial charge in [0.2, 0.25) is 5.91 Å². The molecular formula is C28H31N5O. The molecule has 2 heterocycles. The molecule has 0 aliphatic carbocycles. The molecule has 2 aromatic carbocycles. The van der Waals surface area contributed by atoms with Crippen LogP contribution in [0.3, 0.4) is 0 Å². The van der Waals surface area contributed by atoms with Crippen molar-refractivity contribution < 1.29 is 4.79 Å². The monoisotopic (exact) mass is 453 g/mol. The number of amides is 1. The van der Waals surface area contributed by atoms with Crippen molar-refractivity contribution in [3.8, 4) is 6.07 Å². The van der Waals surface area contributed by atoms with E-state index >= 15 is 0 Å². The smallest absolute Gasteiger partial charge is 0.245 e. The van der Waals surface area contributed by atoms with Crippen molar-refractivity contribution in [2.24, 2.45) is 5.92 Å². The Morgan fingerprint density at radius 2 is 1.71 bits per heavy atom. The van der Waals surface area contributed by atoms with Gasteiger partial charge in [0.25, 0.3) is 0 Å². The van der Waals surface area contributed by atoms with Gasteiger partial charge in [-0.2, -0.15) is 5.26 Å². The summed E-state index contributed by atoms with van der Waals surface area (Å²) in [6.07, 6.45) is 2.27. The normalized spacial score (nSPS) is 15.1. The third-order valence-electron chi connectivity index (χ3n) is 6.30. The van der Waals surface area contributed by atoms with Gasteiger partial charge >= 0.3 is 0 Å². The van der Waals surface area contributed by atoms with Crippen molar-refractivity contribution in [1.82, 2.24) is 9.88 Å². The van der Waals surface area contributed by atoms with Gasteiger partial charge in [0.1, 0.15) is 11.9 Å². The molecule has 174 valence electrons. The molecular weight excluding hydrogens is 422 g/mol. The quantitative estimate of drug-likeness (QED) is 0.508. The minimum atomic E-state index is -0.479. The van der Waals surface area contributed by atoms with Gasteiger partial charge < -0.3 is 15.5 Å². The summed E-state index contributed by atoms with van der Waals surface area (Å²) in [6.45, 7) is 7.21. The molecule has 1 saturated heterocycles. The SMILES string of the molecule is Cc1ccc(C[C@H](Nc2ncccc2NC(C)c2ccc(C)cc2)C(=O)N2CC(C#N)C2)cc1. The number of aromatic nitrogens is 1. The average Bonchev–Trinajstić information content (AvgIpc) is 2.81. The minimum Gasteiger partial charge on any atom is -0.376 e. The fourth-order valence-electron chi connectivity index (χ4n) is 4.09. The molecule has 0 saturated carbocycles. The molecule has 0 spiro atoms. The van der Waals surface area contributed by atoms with Crippen molar-refractivity contribution >= 4 is 17.4 Å². The topological polar surface area (TPSA) is 81.1 Å². The number of carbonyl (C=O) groups is 1. The van der Waals surface area contributed by atoms with Crippen LogP contribution in [0.4, 0.5) is 11.5 Å². The van der Waals surface area contributed by atoms with E-state index in [9.17, 15) is 4.79 Å². The van der Waals surface area contributed by atoms with E-state index in [0.29, 0.717) is 25.3 Å². The molecule has 4 rings (SSSR count).